The van der Waals surface area contributed by atoms with Crippen molar-refractivity contribution in [3.63, 3.8) is 0 Å². The predicted octanol–water partition coefficient (Wildman–Crippen LogP) is 1.19. The average Bonchev–Trinajstić information content (AvgIpc) is 2.59. The SMILES string of the molecule is CCCc1nc(-c2cccnc2)c(N)n1N. The molecule has 0 atom stereocenters. The molecular weight excluding hydrogens is 202 g/mol. The Kier molecular flexibility index (Phi) is 2.76. The van der Waals surface area contributed by atoms with Gasteiger partial charge in [-0.1, -0.05) is 6.92 Å². The molecule has 0 aromatic carbocycles. The number of nitrogens with zero attached hydrogens (tertiary/aromatic N) is 3. The van der Waals surface area contributed by atoms with Crippen LogP contribution in [0.2, 0.25) is 0 Å². The monoisotopic (exact) mass is 217 g/mol. The van der Waals surface area contributed by atoms with Crippen molar-refractivity contribution in [2.24, 2.45) is 0 Å². The summed E-state index contributed by atoms with van der Waals surface area (Å²) in [7, 11) is 0. The third-order valence-electron chi connectivity index (χ3n) is 2.43. The molecule has 2 heterocycles. The number of hydrogen-bond acceptors (Lipinski definition) is 4. The maximum Gasteiger partial charge on any atom is 0.150 e. The van der Waals surface area contributed by atoms with Gasteiger partial charge >= 0.3 is 0 Å². The molecule has 0 unspecified atom stereocenters. The number of pyridine rings is 1. The summed E-state index contributed by atoms with van der Waals surface area (Å²) in [6, 6.07) is 3.77. The standard InChI is InChI=1S/C11H15N5/c1-2-4-9-15-10(11(12)16(9)13)8-5-3-6-14-7-8/h3,5-7H,2,4,12-13H2,1H3. The van der Waals surface area contributed by atoms with Gasteiger partial charge in [-0.15, -0.1) is 0 Å². The summed E-state index contributed by atoms with van der Waals surface area (Å²) >= 11 is 0. The second kappa shape index (κ2) is 4.22. The number of rotatable bonds is 3. The number of anilines is 1. The van der Waals surface area contributed by atoms with E-state index in [9.17, 15) is 0 Å². The van der Waals surface area contributed by atoms with E-state index in [-0.39, 0.29) is 0 Å². The van der Waals surface area contributed by atoms with Gasteiger partial charge in [-0.05, 0) is 18.6 Å². The van der Waals surface area contributed by atoms with E-state index in [0.29, 0.717) is 11.5 Å². The summed E-state index contributed by atoms with van der Waals surface area (Å²) in [5, 5.41) is 0. The largest absolute Gasteiger partial charge is 0.382 e. The Morgan fingerprint density at radius 2 is 2.25 bits per heavy atom. The summed E-state index contributed by atoms with van der Waals surface area (Å²) in [5.74, 6) is 7.12. The van der Waals surface area contributed by atoms with E-state index < -0.39 is 0 Å². The molecule has 0 aliphatic carbocycles. The fraction of sp³-hybridized carbons (Fsp3) is 0.273. The van der Waals surface area contributed by atoms with E-state index in [4.69, 9.17) is 11.6 Å². The Morgan fingerprint density at radius 3 is 2.88 bits per heavy atom. The molecule has 0 radical (unpaired) electrons. The van der Waals surface area contributed by atoms with Crippen LogP contribution in [0.5, 0.6) is 0 Å². The first kappa shape index (κ1) is 10.5. The highest BCUT2D eigenvalue weighted by atomic mass is 15.4. The van der Waals surface area contributed by atoms with Crippen LogP contribution in [-0.4, -0.2) is 14.6 Å². The summed E-state index contributed by atoms with van der Waals surface area (Å²) in [5.41, 5.74) is 7.51. The summed E-state index contributed by atoms with van der Waals surface area (Å²) in [6.07, 6.45) is 5.25. The Hall–Kier alpha value is -2.04. The molecular formula is C11H15N5. The van der Waals surface area contributed by atoms with E-state index in [1.807, 2.05) is 12.1 Å². The summed E-state index contributed by atoms with van der Waals surface area (Å²) in [6.45, 7) is 2.08. The molecule has 2 aromatic rings. The van der Waals surface area contributed by atoms with E-state index >= 15 is 0 Å². The normalized spacial score (nSPS) is 10.6. The van der Waals surface area contributed by atoms with Crippen LogP contribution in [0.25, 0.3) is 11.3 Å². The van der Waals surface area contributed by atoms with Crippen LogP contribution in [0.15, 0.2) is 24.5 Å². The van der Waals surface area contributed by atoms with Crippen molar-refractivity contribution in [3.8, 4) is 11.3 Å². The van der Waals surface area contributed by atoms with Crippen LogP contribution >= 0.6 is 0 Å². The molecule has 0 bridgehead atoms. The molecule has 0 fully saturated rings. The maximum atomic E-state index is 5.91. The molecule has 2 aromatic heterocycles. The Bertz CT molecular complexity index is 475. The fourth-order valence-corrected chi connectivity index (χ4v) is 1.61. The van der Waals surface area contributed by atoms with E-state index in [0.717, 1.165) is 24.2 Å². The lowest BCUT2D eigenvalue weighted by atomic mass is 10.2. The minimum absolute atomic E-state index is 0.483. The first-order valence-corrected chi connectivity index (χ1v) is 5.26. The minimum atomic E-state index is 0.483. The Labute approximate surface area is 94.1 Å². The van der Waals surface area contributed by atoms with Crippen molar-refractivity contribution in [3.05, 3.63) is 30.4 Å². The van der Waals surface area contributed by atoms with Gasteiger partial charge in [0.25, 0.3) is 0 Å². The zero-order valence-corrected chi connectivity index (χ0v) is 9.22. The molecule has 4 N–H and O–H groups in total. The van der Waals surface area contributed by atoms with E-state index in [2.05, 4.69) is 16.9 Å². The molecule has 2 rings (SSSR count). The zero-order chi connectivity index (χ0) is 11.5. The lowest BCUT2D eigenvalue weighted by Gasteiger charge is -2.00. The van der Waals surface area contributed by atoms with Gasteiger partial charge in [0.15, 0.2) is 5.82 Å². The third kappa shape index (κ3) is 1.71. The van der Waals surface area contributed by atoms with Crippen molar-refractivity contribution >= 4 is 5.82 Å². The van der Waals surface area contributed by atoms with Crippen LogP contribution < -0.4 is 11.6 Å². The van der Waals surface area contributed by atoms with Gasteiger partial charge < -0.3 is 11.6 Å². The lowest BCUT2D eigenvalue weighted by molar-refractivity contribution is 0.794. The van der Waals surface area contributed by atoms with Gasteiger partial charge in [0.2, 0.25) is 0 Å². The number of nitrogens with two attached hydrogens (primary N) is 2. The second-order valence-corrected chi connectivity index (χ2v) is 3.62. The van der Waals surface area contributed by atoms with Crippen LogP contribution in [-0.2, 0) is 6.42 Å². The lowest BCUT2D eigenvalue weighted by Crippen LogP contribution is -2.15. The topological polar surface area (TPSA) is 82.8 Å². The van der Waals surface area contributed by atoms with Crippen molar-refractivity contribution in [1.29, 1.82) is 0 Å². The third-order valence-corrected chi connectivity index (χ3v) is 2.43. The molecule has 5 heteroatoms. The molecule has 5 nitrogen and oxygen atoms in total. The first-order chi connectivity index (χ1) is 7.74. The van der Waals surface area contributed by atoms with Gasteiger partial charge in [-0.3, -0.25) is 4.98 Å². The second-order valence-electron chi connectivity index (χ2n) is 3.62. The molecule has 0 saturated heterocycles. The van der Waals surface area contributed by atoms with Crippen molar-refractivity contribution < 1.29 is 0 Å². The number of nitrogen functional groups attached to an aromatic ring is 2. The van der Waals surface area contributed by atoms with Gasteiger partial charge in [0.05, 0.1) is 0 Å². The zero-order valence-electron chi connectivity index (χ0n) is 9.22. The Balaban J connectivity index is 2.46. The molecule has 16 heavy (non-hydrogen) atoms. The quantitative estimate of drug-likeness (QED) is 0.756. The number of imidazole rings is 1. The number of hydrogen-bond donors (Lipinski definition) is 2. The summed E-state index contributed by atoms with van der Waals surface area (Å²) < 4.78 is 1.45. The average molecular weight is 217 g/mol. The highest BCUT2D eigenvalue weighted by molar-refractivity contribution is 5.70. The van der Waals surface area contributed by atoms with Crippen molar-refractivity contribution in [2.75, 3.05) is 11.6 Å². The maximum absolute atomic E-state index is 5.91. The number of aromatic nitrogens is 3. The minimum Gasteiger partial charge on any atom is -0.382 e. The molecule has 0 spiro atoms. The van der Waals surface area contributed by atoms with Crippen molar-refractivity contribution in [2.45, 2.75) is 19.8 Å². The molecule has 0 saturated carbocycles. The number of aryl methyl sites for hydroxylation is 1. The molecule has 0 amide bonds. The van der Waals surface area contributed by atoms with Gasteiger partial charge in [-0.25, -0.2) is 9.66 Å². The molecule has 0 aliphatic heterocycles. The van der Waals surface area contributed by atoms with Crippen LogP contribution in [0, 0.1) is 0 Å². The summed E-state index contributed by atoms with van der Waals surface area (Å²) in [4.78, 5) is 8.48. The Morgan fingerprint density at radius 1 is 1.44 bits per heavy atom. The van der Waals surface area contributed by atoms with E-state index in [1.165, 1.54) is 4.68 Å². The van der Waals surface area contributed by atoms with Gasteiger partial charge in [-0.2, -0.15) is 0 Å². The molecule has 0 aliphatic rings. The van der Waals surface area contributed by atoms with Gasteiger partial charge in [0, 0.05) is 24.4 Å². The van der Waals surface area contributed by atoms with Crippen LogP contribution in [0.3, 0.4) is 0 Å². The van der Waals surface area contributed by atoms with Crippen LogP contribution in [0.4, 0.5) is 5.82 Å². The van der Waals surface area contributed by atoms with Gasteiger partial charge in [0.1, 0.15) is 11.5 Å². The highest BCUT2D eigenvalue weighted by Crippen LogP contribution is 2.24. The predicted molar refractivity (Wildman–Crippen MR) is 64.0 cm³/mol. The van der Waals surface area contributed by atoms with E-state index in [1.54, 1.807) is 12.4 Å². The fourth-order valence-electron chi connectivity index (χ4n) is 1.61. The molecule has 84 valence electrons. The first-order valence-electron chi connectivity index (χ1n) is 5.26. The highest BCUT2D eigenvalue weighted by Gasteiger charge is 2.13. The van der Waals surface area contributed by atoms with Crippen molar-refractivity contribution in [1.82, 2.24) is 14.6 Å². The van der Waals surface area contributed by atoms with Crippen LogP contribution in [0.1, 0.15) is 19.2 Å². The smallest absolute Gasteiger partial charge is 0.150 e.